The van der Waals surface area contributed by atoms with Gasteiger partial charge in [-0.05, 0) is 25.1 Å². The molecule has 136 valence electrons. The van der Waals surface area contributed by atoms with Gasteiger partial charge in [-0.3, -0.25) is 19.4 Å². The van der Waals surface area contributed by atoms with Crippen LogP contribution in [0.25, 0.3) is 16.7 Å². The van der Waals surface area contributed by atoms with Crippen molar-refractivity contribution in [3.8, 4) is 5.69 Å². The van der Waals surface area contributed by atoms with Crippen molar-refractivity contribution < 1.29 is 4.79 Å². The average molecular weight is 362 g/mol. The molecular weight excluding hydrogens is 344 g/mol. The average Bonchev–Trinajstić information content (AvgIpc) is 3.25. The highest BCUT2D eigenvalue weighted by atomic mass is 16.2. The maximum atomic E-state index is 12.7. The highest BCUT2D eigenvalue weighted by Gasteiger charge is 2.17. The molecule has 0 aliphatic heterocycles. The second-order valence-electron chi connectivity index (χ2n) is 6.32. The van der Waals surface area contributed by atoms with Gasteiger partial charge >= 0.3 is 0 Å². The second-order valence-corrected chi connectivity index (χ2v) is 6.32. The number of aromatic amines is 1. The molecule has 0 aliphatic carbocycles. The molecule has 0 fully saturated rings. The van der Waals surface area contributed by atoms with Crippen molar-refractivity contribution in [3.05, 3.63) is 76.0 Å². The molecule has 0 aliphatic rings. The monoisotopic (exact) mass is 362 g/mol. The van der Waals surface area contributed by atoms with Crippen LogP contribution in [0.5, 0.6) is 0 Å². The number of hydrogen-bond acceptors (Lipinski definition) is 4. The Morgan fingerprint density at radius 1 is 1.26 bits per heavy atom. The molecule has 0 spiro atoms. The molecule has 0 unspecified atom stereocenters. The number of para-hydroxylation sites is 1. The number of nitrogens with zero attached hydrogens (tertiary/aromatic N) is 4. The summed E-state index contributed by atoms with van der Waals surface area (Å²) in [5, 5.41) is 10.1. The maximum absolute atomic E-state index is 12.7. The fraction of sp³-hybridized carbons (Fsp3) is 0.158. The fourth-order valence-electron chi connectivity index (χ4n) is 3.01. The van der Waals surface area contributed by atoms with E-state index in [9.17, 15) is 9.59 Å². The van der Waals surface area contributed by atoms with Gasteiger partial charge in [-0.1, -0.05) is 18.2 Å². The van der Waals surface area contributed by atoms with E-state index in [1.807, 2.05) is 36.5 Å². The van der Waals surface area contributed by atoms with E-state index in [0.29, 0.717) is 28.8 Å². The predicted molar refractivity (Wildman–Crippen MR) is 101 cm³/mol. The van der Waals surface area contributed by atoms with Gasteiger partial charge in [0.1, 0.15) is 0 Å². The minimum Gasteiger partial charge on any atom is -0.348 e. The van der Waals surface area contributed by atoms with Crippen LogP contribution in [0.3, 0.4) is 0 Å². The van der Waals surface area contributed by atoms with Gasteiger partial charge in [0.15, 0.2) is 5.65 Å². The lowest BCUT2D eigenvalue weighted by Gasteiger charge is -2.06. The van der Waals surface area contributed by atoms with Gasteiger partial charge in [0, 0.05) is 31.0 Å². The van der Waals surface area contributed by atoms with Crippen molar-refractivity contribution in [2.45, 2.75) is 13.5 Å². The number of amides is 1. The van der Waals surface area contributed by atoms with Gasteiger partial charge < -0.3 is 5.32 Å². The van der Waals surface area contributed by atoms with Crippen molar-refractivity contribution in [2.75, 3.05) is 0 Å². The first-order chi connectivity index (χ1) is 13.0. The summed E-state index contributed by atoms with van der Waals surface area (Å²) in [5.74, 6) is -0.324. The first-order valence-corrected chi connectivity index (χ1v) is 8.46. The predicted octanol–water partition coefficient (Wildman–Crippen LogP) is 1.69. The van der Waals surface area contributed by atoms with Gasteiger partial charge in [0.2, 0.25) is 0 Å². The molecule has 8 heteroatoms. The minimum absolute atomic E-state index is 0.292. The lowest BCUT2D eigenvalue weighted by atomic mass is 10.1. The number of pyridine rings is 1. The summed E-state index contributed by atoms with van der Waals surface area (Å²) in [6.45, 7) is 2.09. The Hall–Kier alpha value is -3.68. The number of H-pyrrole nitrogens is 1. The SMILES string of the molecule is Cc1cc(C(=O)NCc2cnn(-c3ccccc3)c2)c2c(=O)[nH]n(C)c2n1. The molecule has 0 saturated heterocycles. The number of rotatable bonds is 4. The molecule has 4 rings (SSSR count). The van der Waals surface area contributed by atoms with Gasteiger partial charge in [-0.2, -0.15) is 5.10 Å². The number of nitrogens with one attached hydrogen (secondary N) is 2. The van der Waals surface area contributed by atoms with Crippen molar-refractivity contribution in [1.82, 2.24) is 29.9 Å². The summed E-state index contributed by atoms with van der Waals surface area (Å²) in [6.07, 6.45) is 3.56. The van der Waals surface area contributed by atoms with Crippen molar-refractivity contribution in [2.24, 2.45) is 7.05 Å². The summed E-state index contributed by atoms with van der Waals surface area (Å²) in [7, 11) is 1.69. The van der Waals surface area contributed by atoms with E-state index < -0.39 is 0 Å². The summed E-state index contributed by atoms with van der Waals surface area (Å²) in [4.78, 5) is 29.2. The van der Waals surface area contributed by atoms with Gasteiger partial charge in [0.05, 0.1) is 22.8 Å². The zero-order chi connectivity index (χ0) is 19.0. The van der Waals surface area contributed by atoms with E-state index in [2.05, 4.69) is 20.5 Å². The topological polar surface area (TPSA) is 97.6 Å². The Morgan fingerprint density at radius 3 is 2.81 bits per heavy atom. The van der Waals surface area contributed by atoms with Crippen LogP contribution in [-0.2, 0) is 13.6 Å². The Balaban J connectivity index is 1.57. The van der Waals surface area contributed by atoms with Crippen LogP contribution in [0, 0.1) is 6.92 Å². The normalized spacial score (nSPS) is 11.0. The van der Waals surface area contributed by atoms with E-state index in [1.54, 1.807) is 30.9 Å². The minimum atomic E-state index is -0.331. The van der Waals surface area contributed by atoms with Crippen molar-refractivity contribution in [1.29, 1.82) is 0 Å². The van der Waals surface area contributed by atoms with E-state index >= 15 is 0 Å². The first-order valence-electron chi connectivity index (χ1n) is 8.46. The van der Waals surface area contributed by atoms with Gasteiger partial charge in [-0.25, -0.2) is 9.67 Å². The molecule has 0 bridgehead atoms. The molecule has 1 amide bonds. The van der Waals surface area contributed by atoms with Crippen LogP contribution in [0.2, 0.25) is 0 Å². The van der Waals surface area contributed by atoms with E-state index in [1.165, 1.54) is 4.68 Å². The Morgan fingerprint density at radius 2 is 2.04 bits per heavy atom. The van der Waals surface area contributed by atoms with Crippen LogP contribution in [0.15, 0.2) is 53.6 Å². The van der Waals surface area contributed by atoms with Crippen LogP contribution < -0.4 is 10.9 Å². The number of carbonyl (C=O) groups is 1. The maximum Gasteiger partial charge on any atom is 0.274 e. The highest BCUT2D eigenvalue weighted by Crippen LogP contribution is 2.15. The number of aryl methyl sites for hydroxylation is 2. The zero-order valence-electron chi connectivity index (χ0n) is 14.9. The molecule has 4 aromatic rings. The molecule has 27 heavy (non-hydrogen) atoms. The van der Waals surface area contributed by atoms with Crippen LogP contribution in [-0.4, -0.2) is 30.5 Å². The lowest BCUT2D eigenvalue weighted by molar-refractivity contribution is 0.0952. The second kappa shape index (κ2) is 6.56. The molecule has 1 aromatic carbocycles. The molecule has 3 heterocycles. The summed E-state index contributed by atoms with van der Waals surface area (Å²) in [6, 6.07) is 11.3. The standard InChI is InChI=1S/C19H18N6O2/c1-12-8-15(16-17(22-12)24(2)23-19(16)27)18(26)20-9-13-10-21-25(11-13)14-6-4-3-5-7-14/h3-8,10-11H,9H2,1-2H3,(H,20,26)(H,23,27). The van der Waals surface area contributed by atoms with Crippen LogP contribution in [0.1, 0.15) is 21.6 Å². The zero-order valence-corrected chi connectivity index (χ0v) is 14.9. The van der Waals surface area contributed by atoms with Crippen LogP contribution in [0.4, 0.5) is 0 Å². The Kier molecular flexibility index (Phi) is 4.08. The molecule has 0 radical (unpaired) electrons. The highest BCUT2D eigenvalue weighted by molar-refractivity contribution is 6.05. The van der Waals surface area contributed by atoms with Crippen molar-refractivity contribution >= 4 is 16.9 Å². The Bertz CT molecular complexity index is 1190. The van der Waals surface area contributed by atoms with Gasteiger partial charge in [0.25, 0.3) is 11.5 Å². The third-order valence-electron chi connectivity index (χ3n) is 4.30. The van der Waals surface area contributed by atoms with Gasteiger partial charge in [-0.15, -0.1) is 0 Å². The smallest absolute Gasteiger partial charge is 0.274 e. The first kappa shape index (κ1) is 16.8. The molecular formula is C19H18N6O2. The molecule has 8 nitrogen and oxygen atoms in total. The largest absolute Gasteiger partial charge is 0.348 e. The quantitative estimate of drug-likeness (QED) is 0.577. The molecule has 2 N–H and O–H groups in total. The number of hydrogen-bond donors (Lipinski definition) is 2. The fourth-order valence-corrected chi connectivity index (χ4v) is 3.01. The number of carbonyl (C=O) groups excluding carboxylic acids is 1. The summed E-state index contributed by atoms with van der Waals surface area (Å²) >= 11 is 0. The third-order valence-corrected chi connectivity index (χ3v) is 4.30. The van der Waals surface area contributed by atoms with E-state index in [0.717, 1.165) is 11.3 Å². The third kappa shape index (κ3) is 3.12. The molecule has 0 saturated carbocycles. The van der Waals surface area contributed by atoms with Crippen molar-refractivity contribution in [3.63, 3.8) is 0 Å². The summed E-state index contributed by atoms with van der Waals surface area (Å²) < 4.78 is 3.27. The van der Waals surface area contributed by atoms with E-state index in [4.69, 9.17) is 0 Å². The lowest BCUT2D eigenvalue weighted by Crippen LogP contribution is -2.24. The van der Waals surface area contributed by atoms with E-state index in [-0.39, 0.29) is 11.5 Å². The molecule has 3 aromatic heterocycles. The summed E-state index contributed by atoms with van der Waals surface area (Å²) in [5.41, 5.74) is 2.91. The molecule has 0 atom stereocenters. The van der Waals surface area contributed by atoms with Crippen LogP contribution >= 0.6 is 0 Å². The number of aromatic nitrogens is 5. The number of benzene rings is 1. The Labute approximate surface area is 154 Å². The number of fused-ring (bicyclic) bond motifs is 1.